The number of amides is 1. The fraction of sp³-hybridized carbons (Fsp3) is 0.269. The van der Waals surface area contributed by atoms with Crippen molar-refractivity contribution in [3.63, 3.8) is 0 Å². The van der Waals surface area contributed by atoms with Gasteiger partial charge in [-0.05, 0) is 54.7 Å². The monoisotopic (exact) mass is 446 g/mol. The van der Waals surface area contributed by atoms with Crippen LogP contribution in [0.15, 0.2) is 58.6 Å². The number of Topliss-reactive ketones (excluding diaryl/α,β-unsaturated/α-hetero) is 1. The molecule has 0 radical (unpaired) electrons. The van der Waals surface area contributed by atoms with Gasteiger partial charge < -0.3 is 14.4 Å². The van der Waals surface area contributed by atoms with Crippen molar-refractivity contribution in [2.24, 2.45) is 0 Å². The molecule has 1 aromatic heterocycles. The quantitative estimate of drug-likeness (QED) is 0.335. The first-order valence-electron chi connectivity index (χ1n) is 10.7. The Balaban J connectivity index is 1.91. The number of aryl methyl sites for hydroxylation is 2. The highest BCUT2D eigenvalue weighted by atomic mass is 16.5. The number of anilines is 1. The lowest BCUT2D eigenvalue weighted by molar-refractivity contribution is -0.132. The molecular formula is C26H26N2O5. The van der Waals surface area contributed by atoms with Crippen LogP contribution in [0, 0.1) is 13.8 Å². The van der Waals surface area contributed by atoms with E-state index in [1.807, 2.05) is 31.2 Å². The Bertz CT molecular complexity index is 1250. The van der Waals surface area contributed by atoms with Crippen LogP contribution in [0.2, 0.25) is 0 Å². The van der Waals surface area contributed by atoms with Gasteiger partial charge in [0.2, 0.25) is 0 Å². The number of ketones is 1. The van der Waals surface area contributed by atoms with E-state index in [9.17, 15) is 14.7 Å². The van der Waals surface area contributed by atoms with Crippen molar-refractivity contribution in [3.8, 4) is 5.75 Å². The van der Waals surface area contributed by atoms with Gasteiger partial charge in [-0.15, -0.1) is 0 Å². The van der Waals surface area contributed by atoms with Gasteiger partial charge in [0.05, 0.1) is 18.7 Å². The summed E-state index contributed by atoms with van der Waals surface area (Å²) in [6, 6.07) is 13.5. The summed E-state index contributed by atoms with van der Waals surface area (Å²) >= 11 is 0. The van der Waals surface area contributed by atoms with Crippen molar-refractivity contribution >= 4 is 23.3 Å². The molecule has 170 valence electrons. The molecule has 1 aliphatic rings. The zero-order valence-corrected chi connectivity index (χ0v) is 19.2. The molecule has 0 aliphatic carbocycles. The Labute approximate surface area is 192 Å². The molecule has 3 aromatic rings. The van der Waals surface area contributed by atoms with Crippen LogP contribution < -0.4 is 9.64 Å². The van der Waals surface area contributed by atoms with Crippen LogP contribution in [-0.2, 0) is 9.59 Å². The van der Waals surface area contributed by atoms with Gasteiger partial charge in [0.1, 0.15) is 17.3 Å². The second kappa shape index (κ2) is 8.58. The summed E-state index contributed by atoms with van der Waals surface area (Å²) in [5.74, 6) is -0.0896. The van der Waals surface area contributed by atoms with E-state index in [0.717, 1.165) is 11.1 Å². The van der Waals surface area contributed by atoms with Crippen LogP contribution in [0.25, 0.3) is 5.76 Å². The number of aliphatic hydroxyl groups is 1. The molecule has 0 spiro atoms. The molecule has 1 unspecified atom stereocenters. The van der Waals surface area contributed by atoms with Crippen molar-refractivity contribution in [3.05, 3.63) is 82.1 Å². The van der Waals surface area contributed by atoms with E-state index in [2.05, 4.69) is 19.0 Å². The number of methoxy groups -OCH3 is 1. The third-order valence-electron chi connectivity index (χ3n) is 5.89. The third-order valence-corrected chi connectivity index (χ3v) is 5.89. The molecule has 1 amide bonds. The average molecular weight is 447 g/mol. The second-order valence-corrected chi connectivity index (χ2v) is 8.47. The van der Waals surface area contributed by atoms with Crippen LogP contribution >= 0.6 is 0 Å². The summed E-state index contributed by atoms with van der Waals surface area (Å²) in [4.78, 5) is 27.6. The summed E-state index contributed by atoms with van der Waals surface area (Å²) in [5.41, 5.74) is 3.03. The van der Waals surface area contributed by atoms with Crippen molar-refractivity contribution in [2.45, 2.75) is 39.7 Å². The predicted octanol–water partition coefficient (Wildman–Crippen LogP) is 5.05. The molecule has 1 atom stereocenters. The number of hydrogen-bond acceptors (Lipinski definition) is 6. The summed E-state index contributed by atoms with van der Waals surface area (Å²) in [6.45, 7) is 7.73. The van der Waals surface area contributed by atoms with Gasteiger partial charge in [0.15, 0.2) is 5.82 Å². The Morgan fingerprint density at radius 2 is 1.79 bits per heavy atom. The molecular weight excluding hydrogens is 420 g/mol. The van der Waals surface area contributed by atoms with Crippen molar-refractivity contribution in [1.29, 1.82) is 0 Å². The highest BCUT2D eigenvalue weighted by Gasteiger charge is 2.48. The van der Waals surface area contributed by atoms with Gasteiger partial charge in [-0.1, -0.05) is 43.3 Å². The highest BCUT2D eigenvalue weighted by Crippen LogP contribution is 2.42. The minimum atomic E-state index is -0.849. The van der Waals surface area contributed by atoms with Gasteiger partial charge >= 0.3 is 5.91 Å². The maximum atomic E-state index is 13.2. The molecule has 0 bridgehead atoms. The Morgan fingerprint density at radius 1 is 1.09 bits per heavy atom. The number of carbonyl (C=O) groups is 2. The van der Waals surface area contributed by atoms with Crippen LogP contribution in [0.1, 0.15) is 53.8 Å². The molecule has 1 saturated heterocycles. The number of nitrogens with zero attached hydrogens (tertiary/aromatic N) is 2. The maximum Gasteiger partial charge on any atom is 0.301 e. The lowest BCUT2D eigenvalue weighted by atomic mass is 9.93. The summed E-state index contributed by atoms with van der Waals surface area (Å²) < 4.78 is 10.5. The first kappa shape index (κ1) is 22.3. The average Bonchev–Trinajstić information content (AvgIpc) is 3.34. The van der Waals surface area contributed by atoms with E-state index in [1.165, 1.54) is 4.90 Å². The molecule has 1 fully saturated rings. The van der Waals surface area contributed by atoms with E-state index < -0.39 is 17.7 Å². The largest absolute Gasteiger partial charge is 0.507 e. The van der Waals surface area contributed by atoms with E-state index >= 15 is 0 Å². The molecule has 4 rings (SSSR count). The molecule has 2 aromatic carbocycles. The summed E-state index contributed by atoms with van der Waals surface area (Å²) in [6.07, 6.45) is 0. The minimum Gasteiger partial charge on any atom is -0.507 e. The predicted molar refractivity (Wildman–Crippen MR) is 124 cm³/mol. The van der Waals surface area contributed by atoms with Crippen molar-refractivity contribution < 1.29 is 24.0 Å². The van der Waals surface area contributed by atoms with Gasteiger partial charge in [-0.2, -0.15) is 0 Å². The molecule has 7 nitrogen and oxygen atoms in total. The molecule has 1 N–H and O–H groups in total. The zero-order valence-electron chi connectivity index (χ0n) is 19.2. The van der Waals surface area contributed by atoms with Gasteiger partial charge in [0.25, 0.3) is 5.78 Å². The fourth-order valence-corrected chi connectivity index (χ4v) is 4.10. The first-order valence-corrected chi connectivity index (χ1v) is 10.7. The van der Waals surface area contributed by atoms with Crippen LogP contribution in [0.5, 0.6) is 5.75 Å². The lowest BCUT2D eigenvalue weighted by Gasteiger charge is -2.23. The third kappa shape index (κ3) is 3.91. The zero-order chi connectivity index (χ0) is 23.9. The van der Waals surface area contributed by atoms with Crippen LogP contribution in [0.3, 0.4) is 0 Å². The van der Waals surface area contributed by atoms with Gasteiger partial charge in [-0.3, -0.25) is 14.5 Å². The molecule has 1 aliphatic heterocycles. The van der Waals surface area contributed by atoms with Crippen molar-refractivity contribution in [1.82, 2.24) is 5.16 Å². The topological polar surface area (TPSA) is 92.9 Å². The lowest BCUT2D eigenvalue weighted by Crippen LogP contribution is -2.29. The standard InChI is InChI=1S/C26H26N2O5/c1-14(2)17-6-8-18(9-7-17)23-22(24(29)19-10-11-20(32-5)15(3)12-19)25(30)26(31)28(23)21-13-16(4)33-27-21/h6-14,23,29H,1-5H3/b24-22+. The number of benzene rings is 2. The SMILES string of the molecule is COc1ccc(/C(O)=C2\C(=O)C(=O)N(c3cc(C)on3)C2c2ccc(C(C)C)cc2)cc1C. The summed E-state index contributed by atoms with van der Waals surface area (Å²) in [7, 11) is 1.56. The molecule has 7 heteroatoms. The van der Waals surface area contributed by atoms with Crippen LogP contribution in [-0.4, -0.2) is 29.1 Å². The molecule has 2 heterocycles. The van der Waals surface area contributed by atoms with Gasteiger partial charge in [0, 0.05) is 11.6 Å². The number of aromatic nitrogens is 1. The normalized spacial score (nSPS) is 17.8. The summed E-state index contributed by atoms with van der Waals surface area (Å²) in [5, 5.41) is 15.2. The number of ether oxygens (including phenoxy) is 1. The Hall–Kier alpha value is -3.87. The number of aliphatic hydroxyl groups excluding tert-OH is 1. The van der Waals surface area contributed by atoms with E-state index in [1.54, 1.807) is 38.3 Å². The number of carbonyl (C=O) groups excluding carboxylic acids is 2. The maximum absolute atomic E-state index is 13.2. The highest BCUT2D eigenvalue weighted by molar-refractivity contribution is 6.51. The van der Waals surface area contributed by atoms with Crippen LogP contribution in [0.4, 0.5) is 5.82 Å². The van der Waals surface area contributed by atoms with E-state index in [4.69, 9.17) is 9.26 Å². The molecule has 0 saturated carbocycles. The minimum absolute atomic E-state index is 0.00233. The number of hydrogen-bond donors (Lipinski definition) is 1. The Kier molecular flexibility index (Phi) is 5.80. The van der Waals surface area contributed by atoms with E-state index in [-0.39, 0.29) is 17.2 Å². The fourth-order valence-electron chi connectivity index (χ4n) is 4.10. The van der Waals surface area contributed by atoms with Crippen molar-refractivity contribution in [2.75, 3.05) is 12.0 Å². The van der Waals surface area contributed by atoms with Gasteiger partial charge in [-0.25, -0.2) is 0 Å². The smallest absolute Gasteiger partial charge is 0.301 e. The molecule has 33 heavy (non-hydrogen) atoms. The number of rotatable bonds is 5. The van der Waals surface area contributed by atoms with E-state index in [0.29, 0.717) is 28.6 Å². The Morgan fingerprint density at radius 3 is 2.33 bits per heavy atom. The first-order chi connectivity index (χ1) is 15.7. The second-order valence-electron chi connectivity index (χ2n) is 8.47.